The van der Waals surface area contributed by atoms with E-state index in [1.165, 1.54) is 6.42 Å². The van der Waals surface area contributed by atoms with Crippen molar-refractivity contribution in [2.75, 3.05) is 6.54 Å². The van der Waals surface area contributed by atoms with Gasteiger partial charge in [0.25, 0.3) is 0 Å². The summed E-state index contributed by atoms with van der Waals surface area (Å²) in [5.41, 5.74) is 1.11. The van der Waals surface area contributed by atoms with Gasteiger partial charge in [-0.25, -0.2) is 0 Å². The Morgan fingerprint density at radius 1 is 1.11 bits per heavy atom. The summed E-state index contributed by atoms with van der Waals surface area (Å²) in [7, 11) is 0. The number of nitrogens with one attached hydrogen (secondary N) is 1. The van der Waals surface area contributed by atoms with Gasteiger partial charge in [-0.3, -0.25) is 0 Å². The number of rotatable bonds is 6. The minimum atomic E-state index is 0.738. The van der Waals surface area contributed by atoms with Crippen LogP contribution in [0, 0.1) is 5.92 Å². The summed E-state index contributed by atoms with van der Waals surface area (Å²) in [6, 6.07) is 12.2. The van der Waals surface area contributed by atoms with Crippen LogP contribution in [-0.2, 0) is 6.54 Å². The Bertz CT molecular complexity index is 502. The molecule has 3 heteroatoms. The molecule has 0 saturated carbocycles. The molecule has 0 aliphatic heterocycles. The van der Waals surface area contributed by atoms with Crippen molar-refractivity contribution in [1.82, 2.24) is 5.32 Å². The predicted octanol–water partition coefficient (Wildman–Crippen LogP) is 4.84. The summed E-state index contributed by atoms with van der Waals surface area (Å²) in [6.45, 7) is 6.30. The number of benzene rings is 1. The average Bonchev–Trinajstić information content (AvgIpc) is 2.84. The summed E-state index contributed by atoms with van der Waals surface area (Å²) in [5, 5.41) is 3.41. The zero-order valence-corrected chi connectivity index (χ0v) is 13.0. The lowest BCUT2D eigenvalue weighted by Crippen LogP contribution is -2.15. The lowest BCUT2D eigenvalue weighted by atomic mass is 10.1. The number of furan rings is 1. The summed E-state index contributed by atoms with van der Waals surface area (Å²) in [6.07, 6.45) is 1.19. The summed E-state index contributed by atoms with van der Waals surface area (Å²) < 4.78 is 6.92. The van der Waals surface area contributed by atoms with Crippen LogP contribution in [0.15, 0.2) is 45.3 Å². The molecule has 102 valence electrons. The first-order valence-corrected chi connectivity index (χ1v) is 7.50. The lowest BCUT2D eigenvalue weighted by Gasteiger charge is -2.05. The van der Waals surface area contributed by atoms with E-state index in [9.17, 15) is 0 Å². The molecule has 0 aliphatic carbocycles. The van der Waals surface area contributed by atoms with Gasteiger partial charge in [-0.2, -0.15) is 0 Å². The second-order valence-corrected chi connectivity index (χ2v) is 6.05. The third-order valence-corrected chi connectivity index (χ3v) is 3.52. The lowest BCUT2D eigenvalue weighted by molar-refractivity contribution is 0.474. The Morgan fingerprint density at radius 2 is 1.84 bits per heavy atom. The van der Waals surface area contributed by atoms with Crippen LogP contribution in [0.25, 0.3) is 11.3 Å². The van der Waals surface area contributed by atoms with Gasteiger partial charge in [0, 0.05) is 10.0 Å². The van der Waals surface area contributed by atoms with Crippen LogP contribution in [0.2, 0.25) is 0 Å². The molecule has 2 rings (SSSR count). The molecule has 1 aromatic carbocycles. The zero-order chi connectivity index (χ0) is 13.7. The molecule has 0 aliphatic rings. The van der Waals surface area contributed by atoms with E-state index in [-0.39, 0.29) is 0 Å². The highest BCUT2D eigenvalue weighted by molar-refractivity contribution is 9.10. The molecular formula is C16H20BrNO. The van der Waals surface area contributed by atoms with E-state index in [1.807, 2.05) is 24.3 Å². The number of halogens is 1. The van der Waals surface area contributed by atoms with Crippen molar-refractivity contribution in [3.8, 4) is 11.3 Å². The van der Waals surface area contributed by atoms with Gasteiger partial charge in [0.1, 0.15) is 11.5 Å². The highest BCUT2D eigenvalue weighted by Gasteiger charge is 2.04. The first kappa shape index (κ1) is 14.4. The molecule has 0 amide bonds. The van der Waals surface area contributed by atoms with Crippen LogP contribution in [-0.4, -0.2) is 6.54 Å². The molecule has 1 heterocycles. The van der Waals surface area contributed by atoms with E-state index in [2.05, 4.69) is 47.2 Å². The second-order valence-electron chi connectivity index (χ2n) is 5.13. The van der Waals surface area contributed by atoms with Gasteiger partial charge >= 0.3 is 0 Å². The Kier molecular flexibility index (Phi) is 5.23. The molecule has 0 unspecified atom stereocenters. The van der Waals surface area contributed by atoms with Crippen molar-refractivity contribution in [2.24, 2.45) is 5.92 Å². The van der Waals surface area contributed by atoms with Crippen molar-refractivity contribution < 1.29 is 4.42 Å². The van der Waals surface area contributed by atoms with Gasteiger partial charge in [0.15, 0.2) is 0 Å². The van der Waals surface area contributed by atoms with Crippen LogP contribution in [0.5, 0.6) is 0 Å². The zero-order valence-electron chi connectivity index (χ0n) is 11.4. The molecule has 0 fully saturated rings. The van der Waals surface area contributed by atoms with Crippen molar-refractivity contribution in [1.29, 1.82) is 0 Å². The van der Waals surface area contributed by atoms with Crippen molar-refractivity contribution in [2.45, 2.75) is 26.8 Å². The van der Waals surface area contributed by atoms with Crippen LogP contribution in [0.3, 0.4) is 0 Å². The molecule has 19 heavy (non-hydrogen) atoms. The Morgan fingerprint density at radius 3 is 2.53 bits per heavy atom. The van der Waals surface area contributed by atoms with E-state index in [0.29, 0.717) is 0 Å². The molecule has 0 saturated heterocycles. The molecule has 2 nitrogen and oxygen atoms in total. The highest BCUT2D eigenvalue weighted by Crippen LogP contribution is 2.23. The predicted molar refractivity (Wildman–Crippen MR) is 83.0 cm³/mol. The van der Waals surface area contributed by atoms with Gasteiger partial charge in [0.2, 0.25) is 0 Å². The maximum absolute atomic E-state index is 5.84. The fourth-order valence-electron chi connectivity index (χ4n) is 1.84. The van der Waals surface area contributed by atoms with E-state index in [1.54, 1.807) is 0 Å². The normalized spacial score (nSPS) is 11.2. The van der Waals surface area contributed by atoms with E-state index < -0.39 is 0 Å². The Labute approximate surface area is 123 Å². The third-order valence-electron chi connectivity index (χ3n) is 2.99. The first-order valence-electron chi connectivity index (χ1n) is 6.70. The van der Waals surface area contributed by atoms with Crippen LogP contribution in [0.4, 0.5) is 0 Å². The van der Waals surface area contributed by atoms with Gasteiger partial charge in [-0.15, -0.1) is 0 Å². The fourth-order valence-corrected chi connectivity index (χ4v) is 2.11. The summed E-state index contributed by atoms with van der Waals surface area (Å²) in [5.74, 6) is 2.65. The second kappa shape index (κ2) is 6.92. The third kappa shape index (κ3) is 4.51. The van der Waals surface area contributed by atoms with E-state index >= 15 is 0 Å². The maximum Gasteiger partial charge on any atom is 0.134 e. The molecule has 0 atom stereocenters. The molecule has 1 aromatic heterocycles. The SMILES string of the molecule is CC(C)CCNCc1ccc(-c2ccc(Br)cc2)o1. The first-order chi connectivity index (χ1) is 9.15. The monoisotopic (exact) mass is 321 g/mol. The quantitative estimate of drug-likeness (QED) is 0.770. The Hall–Kier alpha value is -1.06. The molecule has 0 radical (unpaired) electrons. The standard InChI is InChI=1S/C16H20BrNO/c1-12(2)9-10-18-11-15-7-8-16(19-15)13-3-5-14(17)6-4-13/h3-8,12,18H,9-11H2,1-2H3. The minimum Gasteiger partial charge on any atom is -0.460 e. The fraction of sp³-hybridized carbons (Fsp3) is 0.375. The molecule has 2 aromatic rings. The van der Waals surface area contributed by atoms with Gasteiger partial charge in [-0.1, -0.05) is 41.9 Å². The van der Waals surface area contributed by atoms with E-state index in [4.69, 9.17) is 4.42 Å². The van der Waals surface area contributed by atoms with Crippen LogP contribution >= 0.6 is 15.9 Å². The van der Waals surface area contributed by atoms with E-state index in [0.717, 1.165) is 40.6 Å². The average molecular weight is 322 g/mol. The highest BCUT2D eigenvalue weighted by atomic mass is 79.9. The molecule has 0 bridgehead atoms. The molecule has 1 N–H and O–H groups in total. The van der Waals surface area contributed by atoms with Crippen LogP contribution in [0.1, 0.15) is 26.0 Å². The smallest absolute Gasteiger partial charge is 0.134 e. The maximum atomic E-state index is 5.84. The minimum absolute atomic E-state index is 0.738. The summed E-state index contributed by atoms with van der Waals surface area (Å²) >= 11 is 3.44. The number of hydrogen-bond acceptors (Lipinski definition) is 2. The molecular weight excluding hydrogens is 302 g/mol. The van der Waals surface area contributed by atoms with Gasteiger partial charge < -0.3 is 9.73 Å². The summed E-state index contributed by atoms with van der Waals surface area (Å²) in [4.78, 5) is 0. The van der Waals surface area contributed by atoms with Crippen molar-refractivity contribution >= 4 is 15.9 Å². The van der Waals surface area contributed by atoms with Crippen molar-refractivity contribution in [3.05, 3.63) is 46.6 Å². The van der Waals surface area contributed by atoms with Gasteiger partial charge in [-0.05, 0) is 43.1 Å². The van der Waals surface area contributed by atoms with Gasteiger partial charge in [0.05, 0.1) is 6.54 Å². The Balaban J connectivity index is 1.90. The van der Waals surface area contributed by atoms with Crippen LogP contribution < -0.4 is 5.32 Å². The largest absolute Gasteiger partial charge is 0.460 e. The topological polar surface area (TPSA) is 25.2 Å². The number of hydrogen-bond donors (Lipinski definition) is 1. The molecule has 0 spiro atoms. The van der Waals surface area contributed by atoms with Crippen molar-refractivity contribution in [3.63, 3.8) is 0 Å².